The first-order chi connectivity index (χ1) is 14.5. The van der Waals surface area contributed by atoms with Crippen molar-refractivity contribution in [2.75, 3.05) is 14.1 Å². The molecule has 0 saturated heterocycles. The summed E-state index contributed by atoms with van der Waals surface area (Å²) in [5, 5.41) is 11.5. The summed E-state index contributed by atoms with van der Waals surface area (Å²) in [5.74, 6) is -0.171. The van der Waals surface area contributed by atoms with Crippen LogP contribution in [0.25, 0.3) is 21.9 Å². The van der Waals surface area contributed by atoms with Crippen molar-refractivity contribution in [2.45, 2.75) is 6.54 Å². The van der Waals surface area contributed by atoms with Crippen LogP contribution in [0.2, 0.25) is 0 Å². The number of nitrogens with one attached hydrogen (secondary N) is 2. The summed E-state index contributed by atoms with van der Waals surface area (Å²) in [6.45, 7) is 0.385. The Kier molecular flexibility index (Phi) is 5.30. The molecule has 4 aromatic rings. The van der Waals surface area contributed by atoms with Gasteiger partial charge in [0.25, 0.3) is 11.8 Å². The van der Waals surface area contributed by atoms with E-state index in [-0.39, 0.29) is 11.8 Å². The molecular formula is C24H22N4O2. The van der Waals surface area contributed by atoms with Crippen LogP contribution in [0.15, 0.2) is 72.9 Å². The van der Waals surface area contributed by atoms with Crippen molar-refractivity contribution < 1.29 is 9.59 Å². The predicted octanol–water partition coefficient (Wildman–Crippen LogP) is 3.86. The lowest BCUT2D eigenvalue weighted by molar-refractivity contribution is 0.0827. The molecule has 1 heterocycles. The third-order valence-corrected chi connectivity index (χ3v) is 5.01. The number of aromatic nitrogens is 2. The fourth-order valence-electron chi connectivity index (χ4n) is 3.46. The zero-order valence-corrected chi connectivity index (χ0v) is 16.8. The van der Waals surface area contributed by atoms with Crippen LogP contribution < -0.4 is 5.32 Å². The SMILES string of the molecule is CN(C)C(=O)c1ccc(-c2cccc3c(C(=O)NCc4ccn[nH]4)cccc23)cc1. The van der Waals surface area contributed by atoms with E-state index in [4.69, 9.17) is 0 Å². The van der Waals surface area contributed by atoms with Gasteiger partial charge in [-0.25, -0.2) is 0 Å². The molecule has 30 heavy (non-hydrogen) atoms. The van der Waals surface area contributed by atoms with Crippen molar-refractivity contribution in [3.63, 3.8) is 0 Å². The molecule has 2 N–H and O–H groups in total. The minimum Gasteiger partial charge on any atom is -0.346 e. The van der Waals surface area contributed by atoms with Crippen molar-refractivity contribution in [2.24, 2.45) is 0 Å². The quantitative estimate of drug-likeness (QED) is 0.536. The molecule has 0 aliphatic carbocycles. The number of nitrogens with zero attached hydrogens (tertiary/aromatic N) is 2. The lowest BCUT2D eigenvalue weighted by Crippen LogP contribution is -2.23. The fourth-order valence-corrected chi connectivity index (χ4v) is 3.46. The number of aromatic amines is 1. The first-order valence-electron chi connectivity index (χ1n) is 9.65. The van der Waals surface area contributed by atoms with E-state index in [0.717, 1.165) is 27.6 Å². The van der Waals surface area contributed by atoms with Gasteiger partial charge in [-0.1, -0.05) is 42.5 Å². The van der Waals surface area contributed by atoms with E-state index >= 15 is 0 Å². The van der Waals surface area contributed by atoms with Gasteiger partial charge in [0.2, 0.25) is 0 Å². The molecule has 0 radical (unpaired) electrons. The maximum absolute atomic E-state index is 12.8. The first-order valence-corrected chi connectivity index (χ1v) is 9.65. The molecule has 150 valence electrons. The van der Waals surface area contributed by atoms with Gasteiger partial charge in [0, 0.05) is 31.4 Å². The van der Waals surface area contributed by atoms with Crippen LogP contribution in [0.5, 0.6) is 0 Å². The molecule has 0 saturated carbocycles. The molecule has 0 fully saturated rings. The minimum atomic E-state index is -0.140. The van der Waals surface area contributed by atoms with Gasteiger partial charge in [0.1, 0.15) is 0 Å². The summed E-state index contributed by atoms with van der Waals surface area (Å²) >= 11 is 0. The predicted molar refractivity (Wildman–Crippen MR) is 117 cm³/mol. The maximum atomic E-state index is 12.8. The van der Waals surface area contributed by atoms with Gasteiger partial charge in [-0.15, -0.1) is 0 Å². The van der Waals surface area contributed by atoms with Gasteiger partial charge in [0.05, 0.1) is 12.2 Å². The lowest BCUT2D eigenvalue weighted by Gasteiger charge is -2.13. The molecule has 6 heteroatoms. The van der Waals surface area contributed by atoms with Crippen LogP contribution in [0, 0.1) is 0 Å². The van der Waals surface area contributed by atoms with Gasteiger partial charge in [0.15, 0.2) is 0 Å². The molecule has 4 rings (SSSR count). The summed E-state index contributed by atoms with van der Waals surface area (Å²) < 4.78 is 0. The average molecular weight is 398 g/mol. The molecule has 0 bridgehead atoms. The molecule has 0 unspecified atom stereocenters. The van der Waals surface area contributed by atoms with E-state index < -0.39 is 0 Å². The zero-order valence-electron chi connectivity index (χ0n) is 16.8. The van der Waals surface area contributed by atoms with E-state index in [1.807, 2.05) is 66.7 Å². The summed E-state index contributed by atoms with van der Waals surface area (Å²) in [4.78, 5) is 26.5. The Morgan fingerprint density at radius 2 is 1.67 bits per heavy atom. The number of carbonyl (C=O) groups is 2. The van der Waals surface area contributed by atoms with E-state index in [1.165, 1.54) is 0 Å². The summed E-state index contributed by atoms with van der Waals surface area (Å²) in [6, 6.07) is 21.0. The molecule has 3 aromatic carbocycles. The number of fused-ring (bicyclic) bond motifs is 1. The molecule has 0 spiro atoms. The number of hydrogen-bond acceptors (Lipinski definition) is 3. The Morgan fingerprint density at radius 3 is 2.37 bits per heavy atom. The number of benzene rings is 3. The van der Waals surface area contributed by atoms with Gasteiger partial charge < -0.3 is 10.2 Å². The van der Waals surface area contributed by atoms with Crippen LogP contribution in [0.1, 0.15) is 26.4 Å². The second kappa shape index (κ2) is 8.21. The van der Waals surface area contributed by atoms with Crippen LogP contribution in [-0.4, -0.2) is 41.0 Å². The Labute approximate surface area is 174 Å². The third kappa shape index (κ3) is 3.80. The minimum absolute atomic E-state index is 0.0318. The highest BCUT2D eigenvalue weighted by Gasteiger charge is 2.13. The zero-order chi connectivity index (χ0) is 21.1. The second-order valence-corrected chi connectivity index (χ2v) is 7.25. The van der Waals surface area contributed by atoms with E-state index in [9.17, 15) is 9.59 Å². The number of amides is 2. The summed E-state index contributed by atoms with van der Waals surface area (Å²) in [5.41, 5.74) is 4.11. The highest BCUT2D eigenvalue weighted by Crippen LogP contribution is 2.30. The number of carbonyl (C=O) groups excluding carboxylic acids is 2. The van der Waals surface area contributed by atoms with Crippen molar-refractivity contribution in [3.05, 3.63) is 89.7 Å². The number of H-pyrrole nitrogens is 1. The van der Waals surface area contributed by atoms with Crippen LogP contribution in [-0.2, 0) is 6.54 Å². The van der Waals surface area contributed by atoms with E-state index in [1.54, 1.807) is 25.2 Å². The largest absolute Gasteiger partial charge is 0.346 e. The number of hydrogen-bond donors (Lipinski definition) is 2. The van der Waals surface area contributed by atoms with Crippen molar-refractivity contribution in [3.8, 4) is 11.1 Å². The van der Waals surface area contributed by atoms with Crippen LogP contribution in [0.3, 0.4) is 0 Å². The third-order valence-electron chi connectivity index (χ3n) is 5.01. The molecular weight excluding hydrogens is 376 g/mol. The number of rotatable bonds is 5. The summed E-state index contributed by atoms with van der Waals surface area (Å²) in [6.07, 6.45) is 1.66. The smallest absolute Gasteiger partial charge is 0.253 e. The average Bonchev–Trinajstić information content (AvgIpc) is 3.30. The van der Waals surface area contributed by atoms with Gasteiger partial charge in [-0.3, -0.25) is 14.7 Å². The van der Waals surface area contributed by atoms with E-state index in [0.29, 0.717) is 17.7 Å². The highest BCUT2D eigenvalue weighted by atomic mass is 16.2. The Morgan fingerprint density at radius 1 is 0.933 bits per heavy atom. The Hall–Kier alpha value is -3.93. The van der Waals surface area contributed by atoms with Gasteiger partial charge >= 0.3 is 0 Å². The molecule has 0 aliphatic heterocycles. The first kappa shape index (κ1) is 19.4. The maximum Gasteiger partial charge on any atom is 0.253 e. The Bertz CT molecular complexity index is 1200. The van der Waals surface area contributed by atoms with Crippen LogP contribution in [0.4, 0.5) is 0 Å². The molecule has 0 aliphatic rings. The fraction of sp³-hybridized carbons (Fsp3) is 0.125. The van der Waals surface area contributed by atoms with Crippen molar-refractivity contribution >= 4 is 22.6 Å². The monoisotopic (exact) mass is 398 g/mol. The second-order valence-electron chi connectivity index (χ2n) is 7.25. The molecule has 0 atom stereocenters. The van der Waals surface area contributed by atoms with Crippen molar-refractivity contribution in [1.29, 1.82) is 0 Å². The summed E-state index contributed by atoms with van der Waals surface area (Å²) in [7, 11) is 3.47. The van der Waals surface area contributed by atoms with Gasteiger partial charge in [-0.2, -0.15) is 5.10 Å². The standard InChI is InChI=1S/C24H22N4O2/c1-28(2)24(30)17-11-9-16(10-12-17)19-5-3-7-21-20(19)6-4-8-22(21)23(29)25-15-18-13-14-26-27-18/h3-14H,15H2,1-2H3,(H,25,29)(H,26,27). The Balaban J connectivity index is 1.67. The lowest BCUT2D eigenvalue weighted by atomic mass is 9.95. The normalized spacial score (nSPS) is 10.7. The van der Waals surface area contributed by atoms with Gasteiger partial charge in [-0.05, 0) is 46.2 Å². The topological polar surface area (TPSA) is 78.1 Å². The molecule has 1 aromatic heterocycles. The van der Waals surface area contributed by atoms with Crippen LogP contribution >= 0.6 is 0 Å². The molecule has 6 nitrogen and oxygen atoms in total. The van der Waals surface area contributed by atoms with E-state index in [2.05, 4.69) is 15.5 Å². The molecule has 2 amide bonds. The van der Waals surface area contributed by atoms with Crippen molar-refractivity contribution in [1.82, 2.24) is 20.4 Å². The highest BCUT2D eigenvalue weighted by molar-refractivity contribution is 6.10.